The predicted octanol–water partition coefficient (Wildman–Crippen LogP) is 4.94. The molecule has 0 amide bonds. The fraction of sp³-hybridized carbons (Fsp3) is 0.176. The van der Waals surface area contributed by atoms with Crippen LogP contribution in [0.2, 0.25) is 0 Å². The number of hydrogen-bond acceptors (Lipinski definition) is 2. The second-order valence-corrected chi connectivity index (χ2v) is 5.76. The average molecular weight is 348 g/mol. The zero-order chi connectivity index (χ0) is 15.0. The Balaban J connectivity index is 2.24. The summed E-state index contributed by atoms with van der Waals surface area (Å²) in [5.74, 6) is 0.489. The van der Waals surface area contributed by atoms with E-state index in [-0.39, 0.29) is 5.82 Å². The summed E-state index contributed by atoms with van der Waals surface area (Å²) in [6.45, 7) is 2.00. The summed E-state index contributed by atoms with van der Waals surface area (Å²) in [5.41, 5.74) is 8.48. The molecule has 21 heavy (non-hydrogen) atoms. The molecule has 0 aliphatic heterocycles. The minimum absolute atomic E-state index is 0.316. The number of fused-ring (bicyclic) bond motifs is 1. The van der Waals surface area contributed by atoms with Crippen LogP contribution >= 0.6 is 15.9 Å². The summed E-state index contributed by atoms with van der Waals surface area (Å²) in [6, 6.07) is 12.0. The van der Waals surface area contributed by atoms with E-state index in [1.807, 2.05) is 31.2 Å². The van der Waals surface area contributed by atoms with E-state index in [0.717, 1.165) is 22.3 Å². The molecule has 3 rings (SSSR count). The Morgan fingerprint density at radius 1 is 1.14 bits per heavy atom. The van der Waals surface area contributed by atoms with E-state index in [0.29, 0.717) is 16.5 Å². The quantitative estimate of drug-likeness (QED) is 0.728. The standard InChI is InChI=1S/C17H15BrFNO/c1-2-13-15(10-6-3-4-9-14(10)21-13)17(20)16-11(18)7-5-8-12(16)19/h3-9,17H,2,20H2,1H3. The van der Waals surface area contributed by atoms with Crippen LogP contribution in [0.1, 0.15) is 29.9 Å². The van der Waals surface area contributed by atoms with Crippen molar-refractivity contribution in [3.05, 3.63) is 69.6 Å². The van der Waals surface area contributed by atoms with Crippen LogP contribution in [0.15, 0.2) is 51.4 Å². The van der Waals surface area contributed by atoms with Crippen LogP contribution in [0.4, 0.5) is 4.39 Å². The van der Waals surface area contributed by atoms with Gasteiger partial charge in [-0.05, 0) is 18.2 Å². The average Bonchev–Trinajstić information content (AvgIpc) is 2.85. The summed E-state index contributed by atoms with van der Waals surface area (Å²) in [5, 5.41) is 0.942. The number of furan rings is 1. The Bertz CT molecular complexity index is 776. The van der Waals surface area contributed by atoms with Crippen LogP contribution in [-0.4, -0.2) is 0 Å². The summed E-state index contributed by atoms with van der Waals surface area (Å²) in [7, 11) is 0. The Morgan fingerprint density at radius 2 is 1.90 bits per heavy atom. The van der Waals surface area contributed by atoms with Gasteiger partial charge in [-0.25, -0.2) is 4.39 Å². The summed E-state index contributed by atoms with van der Waals surface area (Å²) >= 11 is 3.39. The summed E-state index contributed by atoms with van der Waals surface area (Å²) in [6.07, 6.45) is 0.712. The van der Waals surface area contributed by atoms with Crippen LogP contribution in [0.3, 0.4) is 0 Å². The molecule has 1 unspecified atom stereocenters. The fourth-order valence-electron chi connectivity index (χ4n) is 2.67. The minimum atomic E-state index is -0.570. The van der Waals surface area contributed by atoms with Crippen molar-refractivity contribution in [3.8, 4) is 0 Å². The number of nitrogens with two attached hydrogens (primary N) is 1. The van der Waals surface area contributed by atoms with E-state index in [1.54, 1.807) is 12.1 Å². The molecule has 0 aliphatic rings. The monoisotopic (exact) mass is 347 g/mol. The zero-order valence-corrected chi connectivity index (χ0v) is 13.2. The fourth-order valence-corrected chi connectivity index (χ4v) is 3.26. The van der Waals surface area contributed by atoms with Crippen molar-refractivity contribution in [1.82, 2.24) is 0 Å². The van der Waals surface area contributed by atoms with Gasteiger partial charge in [0, 0.05) is 27.4 Å². The molecule has 108 valence electrons. The van der Waals surface area contributed by atoms with Crippen molar-refractivity contribution in [3.63, 3.8) is 0 Å². The molecule has 3 aromatic rings. The molecule has 2 N–H and O–H groups in total. The predicted molar refractivity (Wildman–Crippen MR) is 85.7 cm³/mol. The Morgan fingerprint density at radius 3 is 2.62 bits per heavy atom. The molecule has 1 atom stereocenters. The van der Waals surface area contributed by atoms with Gasteiger partial charge >= 0.3 is 0 Å². The SMILES string of the molecule is CCc1oc2ccccc2c1C(N)c1c(F)cccc1Br. The maximum atomic E-state index is 14.2. The molecular formula is C17H15BrFNO. The first-order valence-corrected chi connectivity index (χ1v) is 7.62. The first-order chi connectivity index (χ1) is 10.1. The van der Waals surface area contributed by atoms with E-state index in [1.165, 1.54) is 6.07 Å². The largest absolute Gasteiger partial charge is 0.461 e. The van der Waals surface area contributed by atoms with Gasteiger partial charge in [-0.2, -0.15) is 0 Å². The van der Waals surface area contributed by atoms with Crippen molar-refractivity contribution in [1.29, 1.82) is 0 Å². The highest BCUT2D eigenvalue weighted by atomic mass is 79.9. The summed E-state index contributed by atoms with van der Waals surface area (Å²) < 4.78 is 20.7. The molecule has 0 fully saturated rings. The van der Waals surface area contributed by atoms with Crippen molar-refractivity contribution in [2.75, 3.05) is 0 Å². The minimum Gasteiger partial charge on any atom is -0.461 e. The molecule has 0 spiro atoms. The molecule has 1 aromatic heterocycles. The number of benzene rings is 2. The first kappa shape index (κ1) is 14.3. The Kier molecular flexibility index (Phi) is 3.83. The molecule has 0 saturated carbocycles. The topological polar surface area (TPSA) is 39.2 Å². The van der Waals surface area contributed by atoms with Crippen molar-refractivity contribution in [2.45, 2.75) is 19.4 Å². The van der Waals surface area contributed by atoms with Gasteiger partial charge in [0.25, 0.3) is 0 Å². The second kappa shape index (κ2) is 5.62. The van der Waals surface area contributed by atoms with Gasteiger partial charge in [-0.1, -0.05) is 47.1 Å². The van der Waals surface area contributed by atoms with Gasteiger partial charge in [-0.15, -0.1) is 0 Å². The van der Waals surface area contributed by atoms with E-state index >= 15 is 0 Å². The van der Waals surface area contributed by atoms with Gasteiger partial charge in [0.2, 0.25) is 0 Å². The number of para-hydroxylation sites is 1. The van der Waals surface area contributed by atoms with Crippen molar-refractivity contribution >= 4 is 26.9 Å². The maximum absolute atomic E-state index is 14.2. The molecule has 0 aliphatic carbocycles. The van der Waals surface area contributed by atoms with Gasteiger partial charge in [-0.3, -0.25) is 0 Å². The van der Waals surface area contributed by atoms with Crippen molar-refractivity contribution in [2.24, 2.45) is 5.73 Å². The second-order valence-electron chi connectivity index (χ2n) is 4.90. The van der Waals surface area contributed by atoms with E-state index in [9.17, 15) is 4.39 Å². The van der Waals surface area contributed by atoms with E-state index < -0.39 is 6.04 Å². The zero-order valence-electron chi connectivity index (χ0n) is 11.6. The molecule has 0 bridgehead atoms. The third-order valence-electron chi connectivity index (χ3n) is 3.65. The molecule has 2 nitrogen and oxygen atoms in total. The lowest BCUT2D eigenvalue weighted by molar-refractivity contribution is 0.542. The van der Waals surface area contributed by atoms with E-state index in [4.69, 9.17) is 10.2 Å². The number of hydrogen-bond donors (Lipinski definition) is 1. The van der Waals surface area contributed by atoms with Crippen LogP contribution in [-0.2, 0) is 6.42 Å². The van der Waals surface area contributed by atoms with Gasteiger partial charge in [0.15, 0.2) is 0 Å². The maximum Gasteiger partial charge on any atom is 0.134 e. The highest BCUT2D eigenvalue weighted by Crippen LogP contribution is 2.36. The van der Waals surface area contributed by atoms with E-state index in [2.05, 4.69) is 15.9 Å². The highest BCUT2D eigenvalue weighted by molar-refractivity contribution is 9.10. The molecule has 2 aromatic carbocycles. The van der Waals surface area contributed by atoms with Crippen LogP contribution < -0.4 is 5.73 Å². The molecule has 0 saturated heterocycles. The summed E-state index contributed by atoms with van der Waals surface area (Å²) in [4.78, 5) is 0. The normalized spacial score (nSPS) is 12.8. The molecule has 1 heterocycles. The van der Waals surface area contributed by atoms with Crippen LogP contribution in [0.25, 0.3) is 11.0 Å². The third kappa shape index (κ3) is 2.39. The molecular weight excluding hydrogens is 333 g/mol. The lowest BCUT2D eigenvalue weighted by Gasteiger charge is -2.15. The van der Waals surface area contributed by atoms with Gasteiger partial charge in [0.05, 0.1) is 6.04 Å². The van der Waals surface area contributed by atoms with Crippen LogP contribution in [0.5, 0.6) is 0 Å². The van der Waals surface area contributed by atoms with Gasteiger partial charge in [0.1, 0.15) is 17.2 Å². The molecule has 4 heteroatoms. The highest BCUT2D eigenvalue weighted by Gasteiger charge is 2.24. The lowest BCUT2D eigenvalue weighted by Crippen LogP contribution is -2.15. The molecule has 0 radical (unpaired) electrons. The smallest absolute Gasteiger partial charge is 0.134 e. The Hall–Kier alpha value is -1.65. The van der Waals surface area contributed by atoms with Crippen molar-refractivity contribution < 1.29 is 8.81 Å². The van der Waals surface area contributed by atoms with Gasteiger partial charge < -0.3 is 10.2 Å². The lowest BCUT2D eigenvalue weighted by atomic mass is 9.95. The van der Waals surface area contributed by atoms with Crippen LogP contribution in [0, 0.1) is 5.82 Å². The first-order valence-electron chi connectivity index (χ1n) is 6.83. The Labute approximate surface area is 130 Å². The number of aryl methyl sites for hydroxylation is 1. The number of rotatable bonds is 3. The number of halogens is 2. The third-order valence-corrected chi connectivity index (χ3v) is 4.35.